The van der Waals surface area contributed by atoms with E-state index in [1.165, 1.54) is 6.26 Å². The molecule has 1 atom stereocenters. The number of benzene rings is 2. The van der Waals surface area contributed by atoms with Gasteiger partial charge in [-0.25, -0.2) is 18.2 Å². The van der Waals surface area contributed by atoms with E-state index in [9.17, 15) is 13.2 Å². The summed E-state index contributed by atoms with van der Waals surface area (Å²) >= 11 is 0. The molecule has 3 aromatic rings. The first-order valence-electron chi connectivity index (χ1n) is 12.2. The van der Waals surface area contributed by atoms with E-state index < -0.39 is 9.84 Å². The number of ether oxygens (including phenoxy) is 1. The third-order valence-electron chi connectivity index (χ3n) is 5.85. The minimum absolute atomic E-state index is 0.0397. The summed E-state index contributed by atoms with van der Waals surface area (Å²) in [6.07, 6.45) is 1.17. The zero-order chi connectivity index (χ0) is 26.6. The van der Waals surface area contributed by atoms with Gasteiger partial charge in [0.25, 0.3) is 0 Å². The molecule has 196 valence electrons. The lowest BCUT2D eigenvalue weighted by Gasteiger charge is -2.33. The molecule has 37 heavy (non-hydrogen) atoms. The fourth-order valence-electron chi connectivity index (χ4n) is 3.92. The second kappa shape index (κ2) is 11.2. The molecule has 0 aliphatic carbocycles. The number of carbonyl (C=O) groups is 1. The molecule has 1 fully saturated rings. The molecule has 10 nitrogen and oxygen atoms in total. The van der Waals surface area contributed by atoms with E-state index >= 15 is 0 Å². The SMILES string of the molecule is CC(C)CNC(=O)Nc1ccc(-c2nc(-c3ccccc3S(C)(=O)=O)nc(N3CCOC[C@@H]3C)n2)cc1. The van der Waals surface area contributed by atoms with Crippen molar-refractivity contribution in [3.63, 3.8) is 0 Å². The predicted molar refractivity (Wildman–Crippen MR) is 143 cm³/mol. The van der Waals surface area contributed by atoms with Gasteiger partial charge in [-0.05, 0) is 49.2 Å². The summed E-state index contributed by atoms with van der Waals surface area (Å²) in [6.45, 7) is 8.34. The molecule has 1 aromatic heterocycles. The molecule has 1 saturated heterocycles. The van der Waals surface area contributed by atoms with Crippen molar-refractivity contribution in [1.29, 1.82) is 0 Å². The highest BCUT2D eigenvalue weighted by atomic mass is 32.2. The zero-order valence-electron chi connectivity index (χ0n) is 21.4. The third-order valence-corrected chi connectivity index (χ3v) is 7.00. The standard InChI is InChI=1S/C26H32N6O4S/c1-17(2)15-27-26(33)28-20-11-9-19(10-12-20)23-29-24(21-7-5-6-8-22(21)37(4,34)35)31-25(30-23)32-13-14-36-16-18(32)3/h5-12,17-18H,13-16H2,1-4H3,(H2,27,28,33)/t18-/m0/s1. The normalized spacial score (nSPS) is 16.0. The van der Waals surface area contributed by atoms with E-state index in [-0.39, 0.29) is 22.8 Å². The first kappa shape index (κ1) is 26.5. The van der Waals surface area contributed by atoms with E-state index in [4.69, 9.17) is 9.72 Å². The summed E-state index contributed by atoms with van der Waals surface area (Å²) in [7, 11) is -3.52. The zero-order valence-corrected chi connectivity index (χ0v) is 22.2. The highest BCUT2D eigenvalue weighted by molar-refractivity contribution is 7.90. The Hall–Kier alpha value is -3.57. The van der Waals surface area contributed by atoms with Crippen molar-refractivity contribution in [1.82, 2.24) is 20.3 Å². The number of rotatable bonds is 7. The van der Waals surface area contributed by atoms with Crippen LogP contribution in [0.1, 0.15) is 20.8 Å². The smallest absolute Gasteiger partial charge is 0.319 e. The minimum atomic E-state index is -3.52. The average molecular weight is 525 g/mol. The van der Waals surface area contributed by atoms with Gasteiger partial charge in [0.15, 0.2) is 21.5 Å². The van der Waals surface area contributed by atoms with Crippen LogP contribution in [0.15, 0.2) is 53.4 Å². The van der Waals surface area contributed by atoms with Crippen LogP contribution in [0.5, 0.6) is 0 Å². The van der Waals surface area contributed by atoms with E-state index in [2.05, 4.69) is 20.6 Å². The second-order valence-corrected chi connectivity index (χ2v) is 11.5. The molecule has 11 heteroatoms. The van der Waals surface area contributed by atoms with E-state index in [1.54, 1.807) is 36.4 Å². The van der Waals surface area contributed by atoms with Crippen LogP contribution >= 0.6 is 0 Å². The van der Waals surface area contributed by atoms with Crippen LogP contribution < -0.4 is 15.5 Å². The molecule has 2 N–H and O–H groups in total. The van der Waals surface area contributed by atoms with Gasteiger partial charge < -0.3 is 20.3 Å². The number of amides is 2. The van der Waals surface area contributed by atoms with Gasteiger partial charge in [0.05, 0.1) is 24.2 Å². The number of anilines is 2. The van der Waals surface area contributed by atoms with Crippen molar-refractivity contribution in [3.8, 4) is 22.8 Å². The summed E-state index contributed by atoms with van der Waals surface area (Å²) in [5.41, 5.74) is 1.75. The van der Waals surface area contributed by atoms with Crippen LogP contribution in [0.3, 0.4) is 0 Å². The second-order valence-electron chi connectivity index (χ2n) is 9.47. The van der Waals surface area contributed by atoms with Gasteiger partial charge in [-0.3, -0.25) is 0 Å². The Morgan fingerprint density at radius 3 is 2.46 bits per heavy atom. The van der Waals surface area contributed by atoms with Gasteiger partial charge in [0, 0.05) is 36.2 Å². The van der Waals surface area contributed by atoms with Crippen molar-refractivity contribution in [2.24, 2.45) is 5.92 Å². The molecule has 2 amide bonds. The fourth-order valence-corrected chi connectivity index (χ4v) is 4.80. The number of nitrogens with one attached hydrogen (secondary N) is 2. The van der Waals surface area contributed by atoms with Gasteiger partial charge in [-0.2, -0.15) is 9.97 Å². The number of hydrogen-bond acceptors (Lipinski definition) is 8. The van der Waals surface area contributed by atoms with E-state index in [0.717, 1.165) is 0 Å². The van der Waals surface area contributed by atoms with Gasteiger partial charge in [-0.15, -0.1) is 0 Å². The Kier molecular flexibility index (Phi) is 8.03. The number of aromatic nitrogens is 3. The van der Waals surface area contributed by atoms with Gasteiger partial charge in [0.2, 0.25) is 5.95 Å². The highest BCUT2D eigenvalue weighted by Crippen LogP contribution is 2.29. The van der Waals surface area contributed by atoms with Crippen LogP contribution in [0.25, 0.3) is 22.8 Å². The first-order valence-corrected chi connectivity index (χ1v) is 14.1. The summed E-state index contributed by atoms with van der Waals surface area (Å²) in [4.78, 5) is 28.4. The maximum absolute atomic E-state index is 12.5. The molecule has 2 heterocycles. The quantitative estimate of drug-likeness (QED) is 0.480. The molecule has 0 unspecified atom stereocenters. The van der Waals surface area contributed by atoms with Gasteiger partial charge in [0.1, 0.15) is 0 Å². The molecule has 0 bridgehead atoms. The molecular formula is C26H32N6O4S. The van der Waals surface area contributed by atoms with Crippen molar-refractivity contribution in [2.75, 3.05) is 42.8 Å². The first-order chi connectivity index (χ1) is 17.6. The van der Waals surface area contributed by atoms with Crippen LogP contribution in [0.2, 0.25) is 0 Å². The Labute approximate surface area is 217 Å². The maximum Gasteiger partial charge on any atom is 0.319 e. The van der Waals surface area contributed by atoms with Crippen LogP contribution in [-0.4, -0.2) is 68.0 Å². The minimum Gasteiger partial charge on any atom is -0.377 e. The van der Waals surface area contributed by atoms with Crippen molar-refractivity contribution in [2.45, 2.75) is 31.7 Å². The number of urea groups is 1. The number of nitrogens with zero attached hydrogens (tertiary/aromatic N) is 4. The summed E-state index contributed by atoms with van der Waals surface area (Å²) in [6, 6.07) is 13.6. The van der Waals surface area contributed by atoms with Gasteiger partial charge in [-0.1, -0.05) is 26.0 Å². The topological polar surface area (TPSA) is 126 Å². The van der Waals surface area contributed by atoms with Crippen LogP contribution in [0.4, 0.5) is 16.4 Å². The molecule has 0 spiro atoms. The summed E-state index contributed by atoms with van der Waals surface area (Å²) < 4.78 is 30.6. The van der Waals surface area contributed by atoms with Gasteiger partial charge >= 0.3 is 6.03 Å². The van der Waals surface area contributed by atoms with Crippen LogP contribution in [0, 0.1) is 5.92 Å². The molecule has 4 rings (SSSR count). The Morgan fingerprint density at radius 2 is 1.78 bits per heavy atom. The van der Waals surface area contributed by atoms with Crippen molar-refractivity contribution >= 4 is 27.5 Å². The predicted octanol–water partition coefficient (Wildman–Crippen LogP) is 3.61. The number of morpholine rings is 1. The number of carbonyl (C=O) groups excluding carboxylic acids is 1. The van der Waals surface area contributed by atoms with Crippen molar-refractivity contribution in [3.05, 3.63) is 48.5 Å². The third kappa shape index (κ3) is 6.60. The largest absolute Gasteiger partial charge is 0.377 e. The highest BCUT2D eigenvalue weighted by Gasteiger charge is 2.25. The average Bonchev–Trinajstić information content (AvgIpc) is 2.87. The molecule has 2 aromatic carbocycles. The van der Waals surface area contributed by atoms with Crippen molar-refractivity contribution < 1.29 is 17.9 Å². The monoisotopic (exact) mass is 524 g/mol. The van der Waals surface area contributed by atoms with E-state index in [0.29, 0.717) is 60.8 Å². The summed E-state index contributed by atoms with van der Waals surface area (Å²) in [5.74, 6) is 1.48. The molecule has 0 radical (unpaired) electrons. The summed E-state index contributed by atoms with van der Waals surface area (Å²) in [5, 5.41) is 5.63. The number of sulfone groups is 1. The molecule has 1 aliphatic rings. The Balaban J connectivity index is 1.73. The maximum atomic E-state index is 12.5. The lowest BCUT2D eigenvalue weighted by Crippen LogP contribution is -2.44. The molecular weight excluding hydrogens is 492 g/mol. The lowest BCUT2D eigenvalue weighted by molar-refractivity contribution is 0.0981. The molecule has 1 aliphatic heterocycles. The fraction of sp³-hybridized carbons (Fsp3) is 0.385. The number of hydrogen-bond donors (Lipinski definition) is 2. The Bertz CT molecular complexity index is 1360. The van der Waals surface area contributed by atoms with Crippen LogP contribution in [-0.2, 0) is 14.6 Å². The van der Waals surface area contributed by atoms with E-state index in [1.807, 2.05) is 37.8 Å². The lowest BCUT2D eigenvalue weighted by atomic mass is 10.1. The molecule has 0 saturated carbocycles. The Morgan fingerprint density at radius 1 is 1.08 bits per heavy atom.